The molecule has 4 heteroatoms. The van der Waals surface area contributed by atoms with Crippen LogP contribution in [0.1, 0.15) is 312 Å². The van der Waals surface area contributed by atoms with Gasteiger partial charge >= 0.3 is 8.60 Å². The van der Waals surface area contributed by atoms with Gasteiger partial charge in [-0.25, -0.2) is 0 Å². The Morgan fingerprint density at radius 3 is 0.776 bits per heavy atom. The van der Waals surface area contributed by atoms with Crippen molar-refractivity contribution >= 4 is 8.60 Å². The van der Waals surface area contributed by atoms with Gasteiger partial charge in [0.15, 0.2) is 0 Å². The molecule has 0 saturated carbocycles. The quantitative estimate of drug-likeness (QED) is 0.0282. The minimum atomic E-state index is -2.08. The van der Waals surface area contributed by atoms with E-state index in [9.17, 15) is 0 Å². The Morgan fingerprint density at radius 1 is 0.282 bits per heavy atom. The fourth-order valence-corrected chi connectivity index (χ4v) is 14.1. The third-order valence-corrected chi connectivity index (χ3v) is 19.1. The molecule has 0 fully saturated rings. The third-order valence-electron chi connectivity index (χ3n) is 17.9. The average Bonchev–Trinajstić information content (AvgIpc) is 3.36. The molecule has 0 aliphatic rings. The van der Waals surface area contributed by atoms with E-state index in [1.807, 2.05) is 0 Å². The van der Waals surface area contributed by atoms with Crippen molar-refractivity contribution < 1.29 is 13.6 Å². The molecule has 0 amide bonds. The van der Waals surface area contributed by atoms with Crippen molar-refractivity contribution in [1.29, 1.82) is 0 Å². The molecule has 1 unspecified atom stereocenters. The van der Waals surface area contributed by atoms with Crippen LogP contribution in [-0.4, -0.2) is 6.10 Å². The van der Waals surface area contributed by atoms with Gasteiger partial charge in [0.1, 0.15) is 12.2 Å². The number of hydrogen-bond donors (Lipinski definition) is 0. The minimum absolute atomic E-state index is 0.0606. The van der Waals surface area contributed by atoms with Gasteiger partial charge in [0.2, 0.25) is 0 Å². The average molecular weight is 1170 g/mol. The molecule has 0 aromatic heterocycles. The zero-order valence-electron chi connectivity index (χ0n) is 55.3. The fourth-order valence-electron chi connectivity index (χ4n) is 12.8. The lowest BCUT2D eigenvalue weighted by Crippen LogP contribution is -2.21. The highest BCUT2D eigenvalue weighted by Crippen LogP contribution is 2.55. The van der Waals surface area contributed by atoms with Crippen LogP contribution in [0, 0.1) is 0 Å². The van der Waals surface area contributed by atoms with E-state index >= 15 is 0 Å². The lowest BCUT2D eigenvalue weighted by molar-refractivity contribution is 0.0837. The molecule has 85 heavy (non-hydrogen) atoms. The van der Waals surface area contributed by atoms with Crippen molar-refractivity contribution in [2.24, 2.45) is 0 Å². The number of hydrogen-bond acceptors (Lipinski definition) is 3. The zero-order chi connectivity index (χ0) is 60.3. The molecule has 0 radical (unpaired) electrons. The number of unbranched alkanes of at least 4 members (excludes halogenated alkanes) is 16. The first-order valence-electron chi connectivity index (χ1n) is 35.2. The Labute approximate surface area is 522 Å². The molecule has 0 heterocycles. The Bertz CT molecular complexity index is 2400. The van der Waals surface area contributed by atoms with Gasteiger partial charge in [-0.2, -0.15) is 0 Å². The second-order valence-corrected chi connectivity index (χ2v) is 26.2. The summed E-state index contributed by atoms with van der Waals surface area (Å²) in [6.07, 6.45) is 36.2. The predicted octanol–water partition coefficient (Wildman–Crippen LogP) is 24.9. The summed E-state index contributed by atoms with van der Waals surface area (Å²) >= 11 is 0. The van der Waals surface area contributed by atoms with Crippen LogP contribution in [0.5, 0.6) is 0 Å². The zero-order valence-corrected chi connectivity index (χ0v) is 56.2. The van der Waals surface area contributed by atoms with Gasteiger partial charge in [0.05, 0.1) is 6.10 Å². The highest BCUT2D eigenvalue weighted by atomic mass is 31.2. The molecule has 0 aliphatic carbocycles. The van der Waals surface area contributed by atoms with Crippen LogP contribution in [0.4, 0.5) is 0 Å². The first-order valence-corrected chi connectivity index (χ1v) is 36.3. The molecule has 0 spiro atoms. The molecule has 6 rings (SSSR count). The van der Waals surface area contributed by atoms with Crippen LogP contribution < -0.4 is 0 Å². The second-order valence-electron chi connectivity index (χ2n) is 25.1. The SMILES string of the molecule is CCCCCc1ccc(C(OP(OC(c2ccc(CCCCC)cc2CCCCC)c2ccc(CCCCC)cc2CCCCC)OC(C)C(c2ccccc2)c2ccccc2)c2ccc(CCCCC)cc2CCCCC)c(CCCCC)c1. The summed E-state index contributed by atoms with van der Waals surface area (Å²) in [6.45, 7) is 20.9. The molecule has 1 atom stereocenters. The molecule has 6 aromatic rings. The van der Waals surface area contributed by atoms with Crippen molar-refractivity contribution in [2.45, 2.75) is 292 Å². The summed E-state index contributed by atoms with van der Waals surface area (Å²) in [4.78, 5) is 0. The van der Waals surface area contributed by atoms with E-state index in [1.54, 1.807) is 0 Å². The minimum Gasteiger partial charge on any atom is -0.308 e. The van der Waals surface area contributed by atoms with Crippen LogP contribution in [0.2, 0.25) is 0 Å². The van der Waals surface area contributed by atoms with E-state index in [4.69, 9.17) is 13.6 Å². The summed E-state index contributed by atoms with van der Waals surface area (Å²) in [7, 11) is -2.08. The van der Waals surface area contributed by atoms with Crippen LogP contribution in [-0.2, 0) is 64.9 Å². The first kappa shape index (κ1) is 69.7. The number of aryl methyl sites for hydroxylation is 8. The maximum absolute atomic E-state index is 8.24. The monoisotopic (exact) mass is 1170 g/mol. The Morgan fingerprint density at radius 2 is 0.529 bits per heavy atom. The summed E-state index contributed by atoms with van der Waals surface area (Å²) in [5.74, 6) is -0.0606. The summed E-state index contributed by atoms with van der Waals surface area (Å²) < 4.78 is 24.4. The number of rotatable bonds is 45. The predicted molar refractivity (Wildman–Crippen MR) is 370 cm³/mol. The van der Waals surface area contributed by atoms with Gasteiger partial charge in [-0.1, -0.05) is 292 Å². The van der Waals surface area contributed by atoms with Crippen molar-refractivity contribution in [1.82, 2.24) is 0 Å². The topological polar surface area (TPSA) is 27.7 Å². The highest BCUT2D eigenvalue weighted by molar-refractivity contribution is 7.41. The van der Waals surface area contributed by atoms with Crippen molar-refractivity contribution in [3.8, 4) is 0 Å². The highest BCUT2D eigenvalue weighted by Gasteiger charge is 2.36. The van der Waals surface area contributed by atoms with Gasteiger partial charge in [0.25, 0.3) is 0 Å². The largest absolute Gasteiger partial charge is 0.334 e. The first-order chi connectivity index (χ1) is 41.8. The molecular formula is C81H117O3P. The fraction of sp³-hybridized carbons (Fsp3) is 0.556. The van der Waals surface area contributed by atoms with Crippen LogP contribution >= 0.6 is 8.60 Å². The van der Waals surface area contributed by atoms with Gasteiger partial charge in [-0.3, -0.25) is 9.05 Å². The van der Waals surface area contributed by atoms with Crippen LogP contribution in [0.25, 0.3) is 0 Å². The van der Waals surface area contributed by atoms with Gasteiger partial charge in [-0.15, -0.1) is 0 Å². The molecule has 0 bridgehead atoms. The molecule has 0 saturated heterocycles. The van der Waals surface area contributed by atoms with Crippen LogP contribution in [0.3, 0.4) is 0 Å². The lowest BCUT2D eigenvalue weighted by Gasteiger charge is -2.34. The lowest BCUT2D eigenvalue weighted by atomic mass is 9.87. The van der Waals surface area contributed by atoms with E-state index in [2.05, 4.69) is 196 Å². The Balaban J connectivity index is 1.67. The molecular weight excluding hydrogens is 1050 g/mol. The molecule has 0 aliphatic heterocycles. The van der Waals surface area contributed by atoms with E-state index < -0.39 is 20.8 Å². The number of benzene rings is 6. The molecule has 3 nitrogen and oxygen atoms in total. The summed E-state index contributed by atoms with van der Waals surface area (Å²) in [5.41, 5.74) is 19.0. The Hall–Kier alpha value is -4.37. The second kappa shape index (κ2) is 41.0. The summed E-state index contributed by atoms with van der Waals surface area (Å²) in [5, 5.41) is 0. The van der Waals surface area contributed by atoms with E-state index in [0.717, 1.165) is 77.0 Å². The van der Waals surface area contributed by atoms with Crippen molar-refractivity contribution in [2.75, 3.05) is 0 Å². The maximum atomic E-state index is 8.24. The van der Waals surface area contributed by atoms with E-state index in [-0.39, 0.29) is 12.0 Å². The van der Waals surface area contributed by atoms with Gasteiger partial charge < -0.3 is 4.52 Å². The normalized spacial score (nSPS) is 12.2. The Kier molecular flexibility index (Phi) is 33.6. The van der Waals surface area contributed by atoms with Crippen molar-refractivity contribution in [3.05, 3.63) is 211 Å². The molecule has 6 aromatic carbocycles. The maximum Gasteiger partial charge on any atom is 0.334 e. The molecule has 0 N–H and O–H groups in total. The molecule has 464 valence electrons. The van der Waals surface area contributed by atoms with Gasteiger partial charge in [0, 0.05) is 5.92 Å². The summed E-state index contributed by atoms with van der Waals surface area (Å²) in [6, 6.07) is 52.0. The van der Waals surface area contributed by atoms with Gasteiger partial charge in [-0.05, 0) is 188 Å². The third kappa shape index (κ3) is 23.3. The standard InChI is InChI=1S/C81H117O3P/c1-10-18-28-40-65-52-56-75(71(60-65)48-32-22-14-5)80(76-57-53-66(41-29-19-11-2)61-72(76)49-33-23-15-6)83-85(82-64(9)79(69-44-36-26-37-45-69)70-46-38-27-39-47-70)84-81(77-58-54-67(42-30-20-12-3)62-73(77)50-34-24-16-7)78-59-55-68(43-31-21-13-4)63-74(78)51-35-25-17-8/h26-27,36-39,44-47,52-64,79-81H,10-25,28-35,40-43,48-51H2,1-9H3. The van der Waals surface area contributed by atoms with Crippen molar-refractivity contribution in [3.63, 3.8) is 0 Å². The van der Waals surface area contributed by atoms with E-state index in [1.165, 1.54) is 206 Å². The van der Waals surface area contributed by atoms with Crippen LogP contribution in [0.15, 0.2) is 133 Å². The van der Waals surface area contributed by atoms with E-state index in [0.29, 0.717) is 0 Å². The smallest absolute Gasteiger partial charge is 0.308 e.